The van der Waals surface area contributed by atoms with Gasteiger partial charge in [0.2, 0.25) is 0 Å². The van der Waals surface area contributed by atoms with Crippen LogP contribution in [0.15, 0.2) is 18.3 Å². The Hall–Kier alpha value is -1.66. The number of carbonyl (C=O) groups excluding carboxylic acids is 1. The lowest BCUT2D eigenvalue weighted by Crippen LogP contribution is -2.48. The first kappa shape index (κ1) is 12.4. The van der Waals surface area contributed by atoms with Crippen molar-refractivity contribution in [1.29, 1.82) is 0 Å². The number of pyridine rings is 1. The second-order valence-electron chi connectivity index (χ2n) is 5.30. The molecule has 3 rings (SSSR count). The molecule has 102 valence electrons. The number of nitrogens with zero attached hydrogens (tertiary/aromatic N) is 2. The number of hydrogen-bond donors (Lipinski definition) is 3. The lowest BCUT2D eigenvalue weighted by Gasteiger charge is -2.37. The van der Waals surface area contributed by atoms with Gasteiger partial charge in [0.25, 0.3) is 5.91 Å². The highest BCUT2D eigenvalue weighted by Crippen LogP contribution is 2.36. The zero-order valence-electron chi connectivity index (χ0n) is 10.6. The molecule has 0 spiro atoms. The summed E-state index contributed by atoms with van der Waals surface area (Å²) in [6.07, 6.45) is 4.65. The number of fused-ring (bicyclic) bond motifs is 2. The molecule has 2 bridgehead atoms. The van der Waals surface area contributed by atoms with E-state index in [-0.39, 0.29) is 24.1 Å². The Labute approximate surface area is 111 Å². The van der Waals surface area contributed by atoms with Crippen molar-refractivity contribution >= 4 is 11.7 Å². The summed E-state index contributed by atoms with van der Waals surface area (Å²) in [7, 11) is 0. The van der Waals surface area contributed by atoms with Crippen LogP contribution in [0, 0.1) is 0 Å². The minimum atomic E-state index is -0.261. The van der Waals surface area contributed by atoms with E-state index in [1.807, 2.05) is 4.90 Å². The van der Waals surface area contributed by atoms with Crippen molar-refractivity contribution in [1.82, 2.24) is 9.88 Å². The molecule has 2 aliphatic rings. The zero-order chi connectivity index (χ0) is 13.4. The number of hydrogen-bond acceptors (Lipinski definition) is 5. The quantitative estimate of drug-likeness (QED) is 0.533. The summed E-state index contributed by atoms with van der Waals surface area (Å²) in [5, 5.41) is 9.76. The van der Waals surface area contributed by atoms with E-state index in [1.54, 1.807) is 18.3 Å². The summed E-state index contributed by atoms with van der Waals surface area (Å²) in [6.45, 7) is 0. The molecule has 6 nitrogen and oxygen atoms in total. The largest absolute Gasteiger partial charge is 0.393 e. The van der Waals surface area contributed by atoms with Gasteiger partial charge in [-0.15, -0.1) is 0 Å². The van der Waals surface area contributed by atoms with Gasteiger partial charge in [0.1, 0.15) is 5.82 Å². The van der Waals surface area contributed by atoms with E-state index in [9.17, 15) is 9.90 Å². The fraction of sp³-hybridized carbons (Fsp3) is 0.538. The van der Waals surface area contributed by atoms with Crippen LogP contribution >= 0.6 is 0 Å². The molecule has 0 radical (unpaired) electrons. The number of anilines is 1. The number of nitrogens with one attached hydrogen (secondary N) is 1. The fourth-order valence-electron chi connectivity index (χ4n) is 3.23. The van der Waals surface area contributed by atoms with Crippen LogP contribution in [0.5, 0.6) is 0 Å². The predicted octanol–water partition coefficient (Wildman–Crippen LogP) is 0.495. The molecule has 2 atom stereocenters. The normalized spacial score (nSPS) is 29.4. The summed E-state index contributed by atoms with van der Waals surface area (Å²) in [5.74, 6) is 5.80. The maximum Gasteiger partial charge on any atom is 0.255 e. The molecule has 0 aromatic carbocycles. The van der Waals surface area contributed by atoms with Gasteiger partial charge in [0.15, 0.2) is 0 Å². The third kappa shape index (κ3) is 2.17. The van der Waals surface area contributed by atoms with Gasteiger partial charge in [0.05, 0.1) is 11.7 Å². The smallest absolute Gasteiger partial charge is 0.255 e. The summed E-state index contributed by atoms with van der Waals surface area (Å²) < 4.78 is 0. The number of amides is 1. The third-order valence-corrected chi connectivity index (χ3v) is 4.10. The molecule has 1 aromatic heterocycles. The van der Waals surface area contributed by atoms with Crippen LogP contribution in [0.4, 0.5) is 5.82 Å². The fourth-order valence-corrected chi connectivity index (χ4v) is 3.23. The van der Waals surface area contributed by atoms with Gasteiger partial charge in [-0.1, -0.05) is 0 Å². The van der Waals surface area contributed by atoms with Crippen molar-refractivity contribution < 1.29 is 9.90 Å². The number of aliphatic hydroxyl groups is 1. The first-order valence-corrected chi connectivity index (χ1v) is 6.62. The highest BCUT2D eigenvalue weighted by atomic mass is 16.3. The van der Waals surface area contributed by atoms with E-state index in [0.29, 0.717) is 24.2 Å². The van der Waals surface area contributed by atoms with E-state index in [0.717, 1.165) is 12.8 Å². The number of carbonyl (C=O) groups is 1. The van der Waals surface area contributed by atoms with E-state index < -0.39 is 0 Å². The second-order valence-corrected chi connectivity index (χ2v) is 5.30. The standard InChI is InChI=1S/C13H18N4O2/c14-16-12-4-1-8(7-15-12)13(19)17-9-2-3-10(17)6-11(18)5-9/h1,4,7,9-11,18H,2-3,5-6,14H2,(H,15,16). The molecule has 2 fully saturated rings. The van der Waals surface area contributed by atoms with Crippen LogP contribution in [0.25, 0.3) is 0 Å². The molecule has 2 unspecified atom stereocenters. The van der Waals surface area contributed by atoms with Crippen molar-refractivity contribution in [3.63, 3.8) is 0 Å². The number of nitrogens with two attached hydrogens (primary N) is 1. The Morgan fingerprint density at radius 3 is 2.58 bits per heavy atom. The molecule has 2 saturated heterocycles. The first-order chi connectivity index (χ1) is 9.19. The minimum Gasteiger partial charge on any atom is -0.393 e. The number of nitrogen functional groups attached to an aromatic ring is 1. The molecule has 0 saturated carbocycles. The van der Waals surface area contributed by atoms with Crippen LogP contribution in [0.3, 0.4) is 0 Å². The summed E-state index contributed by atoms with van der Waals surface area (Å²) in [6, 6.07) is 3.77. The monoisotopic (exact) mass is 262 g/mol. The minimum absolute atomic E-state index is 0.00970. The summed E-state index contributed by atoms with van der Waals surface area (Å²) >= 11 is 0. The average molecular weight is 262 g/mol. The van der Waals surface area contributed by atoms with Crippen molar-refractivity contribution in [2.45, 2.75) is 43.9 Å². The summed E-state index contributed by atoms with van der Waals surface area (Å²) in [5.41, 5.74) is 3.02. The van der Waals surface area contributed by atoms with E-state index in [4.69, 9.17) is 5.84 Å². The Kier molecular flexibility index (Phi) is 3.12. The molecule has 19 heavy (non-hydrogen) atoms. The van der Waals surface area contributed by atoms with Gasteiger partial charge in [0, 0.05) is 18.3 Å². The topological polar surface area (TPSA) is 91.5 Å². The maximum absolute atomic E-state index is 12.5. The van der Waals surface area contributed by atoms with Crippen molar-refractivity contribution in [2.24, 2.45) is 5.84 Å². The average Bonchev–Trinajstić information content (AvgIpc) is 2.70. The molecule has 6 heteroatoms. The number of hydrazine groups is 1. The van der Waals surface area contributed by atoms with Crippen molar-refractivity contribution in [2.75, 3.05) is 5.43 Å². The number of piperidine rings is 1. The lowest BCUT2D eigenvalue weighted by molar-refractivity contribution is 0.0286. The maximum atomic E-state index is 12.5. The van der Waals surface area contributed by atoms with Gasteiger partial charge in [-0.05, 0) is 37.8 Å². The highest BCUT2D eigenvalue weighted by molar-refractivity contribution is 5.94. The predicted molar refractivity (Wildman–Crippen MR) is 70.3 cm³/mol. The van der Waals surface area contributed by atoms with Gasteiger partial charge in [-0.2, -0.15) is 0 Å². The highest BCUT2D eigenvalue weighted by Gasteiger charge is 2.42. The number of aliphatic hydroxyl groups excluding tert-OH is 1. The van der Waals surface area contributed by atoms with E-state index in [2.05, 4.69) is 10.4 Å². The van der Waals surface area contributed by atoms with Crippen LogP contribution in [0.1, 0.15) is 36.0 Å². The van der Waals surface area contributed by atoms with E-state index in [1.165, 1.54) is 0 Å². The van der Waals surface area contributed by atoms with Gasteiger partial charge >= 0.3 is 0 Å². The van der Waals surface area contributed by atoms with Crippen LogP contribution in [0.2, 0.25) is 0 Å². The van der Waals surface area contributed by atoms with Crippen molar-refractivity contribution in [3.8, 4) is 0 Å². The lowest BCUT2D eigenvalue weighted by atomic mass is 9.99. The molecular weight excluding hydrogens is 244 g/mol. The molecule has 3 heterocycles. The SMILES string of the molecule is NNc1ccc(C(=O)N2C3CCC2CC(O)C3)cn1. The van der Waals surface area contributed by atoms with E-state index >= 15 is 0 Å². The molecule has 0 aliphatic carbocycles. The first-order valence-electron chi connectivity index (χ1n) is 6.62. The molecule has 2 aliphatic heterocycles. The Balaban J connectivity index is 1.80. The molecule has 1 amide bonds. The van der Waals surface area contributed by atoms with Gasteiger partial charge < -0.3 is 15.4 Å². The number of rotatable bonds is 2. The third-order valence-electron chi connectivity index (χ3n) is 4.10. The second kappa shape index (κ2) is 4.79. The van der Waals surface area contributed by atoms with Crippen LogP contribution in [-0.4, -0.2) is 39.1 Å². The van der Waals surface area contributed by atoms with Crippen LogP contribution in [-0.2, 0) is 0 Å². The molecule has 4 N–H and O–H groups in total. The number of aromatic nitrogens is 1. The Morgan fingerprint density at radius 1 is 1.37 bits per heavy atom. The van der Waals surface area contributed by atoms with Gasteiger partial charge in [-0.25, -0.2) is 10.8 Å². The Morgan fingerprint density at radius 2 is 2.05 bits per heavy atom. The Bertz CT molecular complexity index is 462. The van der Waals surface area contributed by atoms with Gasteiger partial charge in [-0.3, -0.25) is 4.79 Å². The zero-order valence-corrected chi connectivity index (χ0v) is 10.6. The van der Waals surface area contributed by atoms with Crippen molar-refractivity contribution in [3.05, 3.63) is 23.9 Å². The molecular formula is C13H18N4O2. The molecule has 1 aromatic rings. The van der Waals surface area contributed by atoms with Crippen LogP contribution < -0.4 is 11.3 Å². The summed E-state index contributed by atoms with van der Waals surface area (Å²) in [4.78, 5) is 18.5.